The summed E-state index contributed by atoms with van der Waals surface area (Å²) in [5, 5.41) is 12.3. The molecule has 0 aliphatic carbocycles. The number of carbonyl (C=O) groups excluding carboxylic acids is 1. The Bertz CT molecular complexity index is 627. The van der Waals surface area contributed by atoms with Crippen molar-refractivity contribution in [1.82, 2.24) is 15.5 Å². The summed E-state index contributed by atoms with van der Waals surface area (Å²) >= 11 is 7.06. The first-order valence-corrected chi connectivity index (χ1v) is 8.07. The minimum absolute atomic E-state index is 0. The Morgan fingerprint density at radius 3 is 2.82 bits per heavy atom. The van der Waals surface area contributed by atoms with Gasteiger partial charge in [-0.2, -0.15) is 0 Å². The van der Waals surface area contributed by atoms with Crippen molar-refractivity contribution < 1.29 is 9.21 Å². The lowest BCUT2D eigenvalue weighted by atomic mass is 10.1. The molecule has 1 aliphatic rings. The summed E-state index contributed by atoms with van der Waals surface area (Å²) in [7, 11) is 0. The van der Waals surface area contributed by atoms with Gasteiger partial charge < -0.3 is 9.73 Å². The molecule has 5 nitrogen and oxygen atoms in total. The van der Waals surface area contributed by atoms with Crippen LogP contribution < -0.4 is 5.32 Å². The lowest BCUT2D eigenvalue weighted by Gasteiger charge is -2.02. The minimum Gasteiger partial charge on any atom is -0.414 e. The fourth-order valence-corrected chi connectivity index (χ4v) is 2.95. The van der Waals surface area contributed by atoms with Gasteiger partial charge in [-0.25, -0.2) is 0 Å². The third kappa shape index (κ3) is 4.23. The van der Waals surface area contributed by atoms with Crippen LogP contribution in [-0.4, -0.2) is 28.3 Å². The van der Waals surface area contributed by atoms with E-state index in [1.807, 2.05) is 0 Å². The normalized spacial score (nSPS) is 17.2. The van der Waals surface area contributed by atoms with Gasteiger partial charge in [0.05, 0.1) is 11.8 Å². The van der Waals surface area contributed by atoms with Gasteiger partial charge in [0, 0.05) is 10.6 Å². The number of benzene rings is 1. The molecule has 8 heteroatoms. The second-order valence-corrected chi connectivity index (χ2v) is 6.14. The molecule has 1 fully saturated rings. The second-order valence-electron chi connectivity index (χ2n) is 4.77. The molecule has 0 spiro atoms. The van der Waals surface area contributed by atoms with E-state index < -0.39 is 0 Å². The summed E-state index contributed by atoms with van der Waals surface area (Å²) in [4.78, 5) is 12.0. The van der Waals surface area contributed by atoms with Gasteiger partial charge in [0.2, 0.25) is 5.89 Å². The Hall–Kier alpha value is -1.08. The molecule has 2 heterocycles. The molecular weight excluding hydrogens is 345 g/mol. The molecule has 0 unspecified atom stereocenters. The predicted molar refractivity (Wildman–Crippen MR) is 88.0 cm³/mol. The maximum atomic E-state index is 12.0. The Balaban J connectivity index is 0.00000176. The predicted octanol–water partition coefficient (Wildman–Crippen LogP) is 3.54. The molecule has 1 atom stereocenters. The molecule has 0 saturated carbocycles. The van der Waals surface area contributed by atoms with Gasteiger partial charge in [0.1, 0.15) is 0 Å². The van der Waals surface area contributed by atoms with Crippen LogP contribution in [0, 0.1) is 0 Å². The summed E-state index contributed by atoms with van der Waals surface area (Å²) < 4.78 is 5.58. The van der Waals surface area contributed by atoms with Crippen molar-refractivity contribution >= 4 is 41.6 Å². The van der Waals surface area contributed by atoms with Gasteiger partial charge in [0.15, 0.2) is 5.78 Å². The highest BCUT2D eigenvalue weighted by Crippen LogP contribution is 2.25. The van der Waals surface area contributed by atoms with Crippen LogP contribution in [0.2, 0.25) is 5.02 Å². The highest BCUT2D eigenvalue weighted by molar-refractivity contribution is 7.99. The number of rotatable bonds is 5. The molecule has 3 rings (SSSR count). The zero-order valence-corrected chi connectivity index (χ0v) is 14.0. The molecule has 118 valence electrons. The minimum atomic E-state index is 0. The number of hydrogen-bond acceptors (Lipinski definition) is 6. The average molecular weight is 360 g/mol. The lowest BCUT2D eigenvalue weighted by Crippen LogP contribution is -2.12. The van der Waals surface area contributed by atoms with Gasteiger partial charge in [-0.3, -0.25) is 4.79 Å². The summed E-state index contributed by atoms with van der Waals surface area (Å²) in [5.74, 6) is 0.880. The third-order valence-corrected chi connectivity index (χ3v) is 4.34. The van der Waals surface area contributed by atoms with Gasteiger partial charge >= 0.3 is 0 Å². The van der Waals surface area contributed by atoms with Crippen LogP contribution in [0.3, 0.4) is 0 Å². The molecule has 0 amide bonds. The van der Waals surface area contributed by atoms with Crippen LogP contribution in [0.25, 0.3) is 0 Å². The van der Waals surface area contributed by atoms with Crippen molar-refractivity contribution in [3.8, 4) is 0 Å². The summed E-state index contributed by atoms with van der Waals surface area (Å²) in [6.45, 7) is 0.977. The molecule has 1 N–H and O–H groups in total. The topological polar surface area (TPSA) is 68.0 Å². The molecular formula is C14H15Cl2N3O2S. The second kappa shape index (κ2) is 7.97. The SMILES string of the molecule is Cl.O=C(CSc1nnc([C@@H]2CCCN2)o1)c1ccc(Cl)cc1. The van der Waals surface area contributed by atoms with E-state index in [0.29, 0.717) is 21.7 Å². The van der Waals surface area contributed by atoms with Crippen molar-refractivity contribution in [3.05, 3.63) is 40.7 Å². The van der Waals surface area contributed by atoms with Crippen molar-refractivity contribution in [3.63, 3.8) is 0 Å². The van der Waals surface area contributed by atoms with E-state index in [-0.39, 0.29) is 30.0 Å². The molecule has 0 radical (unpaired) electrons. The van der Waals surface area contributed by atoms with E-state index in [0.717, 1.165) is 19.4 Å². The van der Waals surface area contributed by atoms with Gasteiger partial charge in [-0.15, -0.1) is 22.6 Å². The van der Waals surface area contributed by atoms with Gasteiger partial charge in [-0.05, 0) is 43.7 Å². The number of hydrogen-bond donors (Lipinski definition) is 1. The van der Waals surface area contributed by atoms with Crippen LogP contribution in [-0.2, 0) is 0 Å². The standard InChI is InChI=1S/C14H14ClN3O2S.ClH/c15-10-5-3-9(4-6-10)12(19)8-21-14-18-17-13(20-14)11-2-1-7-16-11;/h3-6,11,16H,1-2,7-8H2;1H/t11-;/m0./s1. The van der Waals surface area contributed by atoms with E-state index in [1.165, 1.54) is 11.8 Å². The van der Waals surface area contributed by atoms with Gasteiger partial charge in [-0.1, -0.05) is 23.4 Å². The van der Waals surface area contributed by atoms with Crippen LogP contribution in [0.5, 0.6) is 0 Å². The summed E-state index contributed by atoms with van der Waals surface area (Å²) in [6, 6.07) is 6.99. The van der Waals surface area contributed by atoms with Crippen molar-refractivity contribution in [2.75, 3.05) is 12.3 Å². The van der Waals surface area contributed by atoms with Crippen molar-refractivity contribution in [2.45, 2.75) is 24.1 Å². The van der Waals surface area contributed by atoms with Crippen LogP contribution in [0.1, 0.15) is 35.1 Å². The first-order valence-electron chi connectivity index (χ1n) is 6.71. The first-order chi connectivity index (χ1) is 10.2. The third-order valence-electron chi connectivity index (χ3n) is 3.27. The number of nitrogens with zero attached hydrogens (tertiary/aromatic N) is 2. The molecule has 22 heavy (non-hydrogen) atoms. The number of aromatic nitrogens is 2. The van der Waals surface area contributed by atoms with Gasteiger partial charge in [0.25, 0.3) is 5.22 Å². The smallest absolute Gasteiger partial charge is 0.277 e. The highest BCUT2D eigenvalue weighted by Gasteiger charge is 2.22. The molecule has 2 aromatic rings. The van der Waals surface area contributed by atoms with Crippen LogP contribution in [0.4, 0.5) is 0 Å². The molecule has 1 saturated heterocycles. The van der Waals surface area contributed by atoms with E-state index in [1.54, 1.807) is 24.3 Å². The summed E-state index contributed by atoms with van der Waals surface area (Å²) in [5.41, 5.74) is 0.629. The number of thioether (sulfide) groups is 1. The first kappa shape index (κ1) is 17.3. The Labute approximate surface area is 143 Å². The van der Waals surface area contributed by atoms with E-state index in [2.05, 4.69) is 15.5 Å². The fourth-order valence-electron chi connectivity index (χ4n) is 2.16. The number of carbonyl (C=O) groups is 1. The number of Topliss-reactive ketones (excluding diaryl/α,β-unsaturated/α-hetero) is 1. The largest absolute Gasteiger partial charge is 0.414 e. The number of halogens is 2. The molecule has 0 bridgehead atoms. The maximum Gasteiger partial charge on any atom is 0.277 e. The quantitative estimate of drug-likeness (QED) is 0.650. The lowest BCUT2D eigenvalue weighted by molar-refractivity contribution is 0.102. The van der Waals surface area contributed by atoms with E-state index in [9.17, 15) is 4.79 Å². The Kier molecular flexibility index (Phi) is 6.26. The Morgan fingerprint density at radius 2 is 2.14 bits per heavy atom. The molecule has 1 aromatic carbocycles. The molecule has 1 aromatic heterocycles. The van der Waals surface area contributed by atoms with Crippen LogP contribution >= 0.6 is 35.8 Å². The number of ketones is 1. The van der Waals surface area contributed by atoms with E-state index in [4.69, 9.17) is 16.0 Å². The van der Waals surface area contributed by atoms with Crippen LogP contribution in [0.15, 0.2) is 33.9 Å². The Morgan fingerprint density at radius 1 is 1.36 bits per heavy atom. The van der Waals surface area contributed by atoms with Crippen molar-refractivity contribution in [2.24, 2.45) is 0 Å². The zero-order valence-electron chi connectivity index (χ0n) is 11.6. The van der Waals surface area contributed by atoms with Crippen molar-refractivity contribution in [1.29, 1.82) is 0 Å². The average Bonchev–Trinajstić information content (AvgIpc) is 3.16. The highest BCUT2D eigenvalue weighted by atomic mass is 35.5. The zero-order chi connectivity index (χ0) is 14.7. The number of nitrogens with one attached hydrogen (secondary N) is 1. The maximum absolute atomic E-state index is 12.0. The fraction of sp³-hybridized carbons (Fsp3) is 0.357. The summed E-state index contributed by atoms with van der Waals surface area (Å²) in [6.07, 6.45) is 2.13. The molecule has 1 aliphatic heterocycles. The van der Waals surface area contributed by atoms with E-state index >= 15 is 0 Å². The monoisotopic (exact) mass is 359 g/mol.